The zero-order chi connectivity index (χ0) is 10.0. The molecule has 0 bridgehead atoms. The summed E-state index contributed by atoms with van der Waals surface area (Å²) in [5, 5.41) is 8.99. The lowest BCUT2D eigenvalue weighted by Gasteiger charge is -2.07. The van der Waals surface area contributed by atoms with Gasteiger partial charge in [-0.1, -0.05) is 0 Å². The average Bonchev–Trinajstić information content (AvgIpc) is 2.08. The number of pyridine rings is 1. The second-order valence-electron chi connectivity index (χ2n) is 2.29. The molecule has 0 radical (unpaired) electrons. The Hall–Kier alpha value is -1.59. The van der Waals surface area contributed by atoms with Crippen LogP contribution in [0.4, 0.5) is 14.6 Å². The molecular formula is C7H8F2N2O2. The van der Waals surface area contributed by atoms with E-state index in [4.69, 9.17) is 10.8 Å². The number of alkyl halides is 2. The van der Waals surface area contributed by atoms with Crippen molar-refractivity contribution in [3.05, 3.63) is 11.6 Å². The van der Waals surface area contributed by atoms with E-state index in [1.165, 1.54) is 7.11 Å². The van der Waals surface area contributed by atoms with Crippen LogP contribution in [-0.4, -0.2) is 17.2 Å². The molecule has 0 aromatic carbocycles. The number of nitrogens with zero attached hydrogens (tertiary/aromatic N) is 1. The number of aromatic hydroxyl groups is 1. The van der Waals surface area contributed by atoms with Gasteiger partial charge in [0.1, 0.15) is 0 Å². The number of nitrogens with two attached hydrogens (primary N) is 1. The number of hydrogen-bond donors (Lipinski definition) is 2. The Morgan fingerprint density at radius 3 is 2.69 bits per heavy atom. The van der Waals surface area contributed by atoms with E-state index in [0.29, 0.717) is 0 Å². The van der Waals surface area contributed by atoms with Gasteiger partial charge in [-0.15, -0.1) is 0 Å². The van der Waals surface area contributed by atoms with E-state index in [2.05, 4.69) is 9.72 Å². The van der Waals surface area contributed by atoms with Crippen molar-refractivity contribution < 1.29 is 18.6 Å². The number of nitrogen functional groups attached to an aromatic ring is 1. The molecule has 0 fully saturated rings. The summed E-state index contributed by atoms with van der Waals surface area (Å²) < 4.78 is 29.1. The molecule has 4 nitrogen and oxygen atoms in total. The summed E-state index contributed by atoms with van der Waals surface area (Å²) in [6.07, 6.45) is -2.76. The summed E-state index contributed by atoms with van der Waals surface area (Å²) in [6.45, 7) is 0. The van der Waals surface area contributed by atoms with Gasteiger partial charge in [-0.3, -0.25) is 0 Å². The van der Waals surface area contributed by atoms with Gasteiger partial charge in [-0.05, 0) is 6.07 Å². The fourth-order valence-electron chi connectivity index (χ4n) is 0.834. The Labute approximate surface area is 73.0 Å². The molecule has 1 aromatic heterocycles. The predicted molar refractivity (Wildman–Crippen MR) is 41.8 cm³/mol. The Balaban J connectivity index is 3.25. The highest BCUT2D eigenvalue weighted by molar-refractivity contribution is 5.50. The number of halogens is 2. The monoisotopic (exact) mass is 190 g/mol. The van der Waals surface area contributed by atoms with Gasteiger partial charge in [0.25, 0.3) is 6.43 Å². The maximum absolute atomic E-state index is 12.3. The van der Waals surface area contributed by atoms with E-state index in [-0.39, 0.29) is 11.7 Å². The Morgan fingerprint density at radius 2 is 2.23 bits per heavy atom. The van der Waals surface area contributed by atoms with Crippen molar-refractivity contribution in [3.63, 3.8) is 0 Å². The van der Waals surface area contributed by atoms with Gasteiger partial charge in [-0.25, -0.2) is 8.78 Å². The van der Waals surface area contributed by atoms with Crippen LogP contribution in [0.2, 0.25) is 0 Å². The minimum atomic E-state index is -2.76. The van der Waals surface area contributed by atoms with Crippen LogP contribution in [0.3, 0.4) is 0 Å². The predicted octanol–water partition coefficient (Wildman–Crippen LogP) is 1.32. The molecule has 1 aromatic rings. The van der Waals surface area contributed by atoms with Crippen LogP contribution in [-0.2, 0) is 0 Å². The fourth-order valence-corrected chi connectivity index (χ4v) is 0.834. The largest absolute Gasteiger partial charge is 0.504 e. The number of anilines is 1. The van der Waals surface area contributed by atoms with Gasteiger partial charge in [0, 0.05) is 0 Å². The van der Waals surface area contributed by atoms with Crippen molar-refractivity contribution in [1.82, 2.24) is 4.98 Å². The second-order valence-corrected chi connectivity index (χ2v) is 2.29. The summed E-state index contributed by atoms with van der Waals surface area (Å²) >= 11 is 0. The smallest absolute Gasteiger partial charge is 0.269 e. The Morgan fingerprint density at radius 1 is 1.62 bits per heavy atom. The second kappa shape index (κ2) is 3.42. The third kappa shape index (κ3) is 1.77. The van der Waals surface area contributed by atoms with Crippen LogP contribution in [0.1, 0.15) is 12.0 Å². The molecule has 1 rings (SSSR count). The Kier molecular flexibility index (Phi) is 2.50. The molecule has 0 aliphatic carbocycles. The first-order valence-corrected chi connectivity index (χ1v) is 3.37. The molecular weight excluding hydrogens is 182 g/mol. The molecule has 0 atom stereocenters. The van der Waals surface area contributed by atoms with Gasteiger partial charge in [0.05, 0.1) is 12.7 Å². The zero-order valence-corrected chi connectivity index (χ0v) is 6.79. The van der Waals surface area contributed by atoms with Crippen LogP contribution in [0.25, 0.3) is 0 Å². The summed E-state index contributed by atoms with van der Waals surface area (Å²) in [5.74, 6) is -0.984. The van der Waals surface area contributed by atoms with Crippen molar-refractivity contribution >= 4 is 5.82 Å². The van der Waals surface area contributed by atoms with Crippen molar-refractivity contribution in [2.24, 2.45) is 0 Å². The van der Waals surface area contributed by atoms with Crippen LogP contribution in [0.5, 0.6) is 11.6 Å². The molecule has 13 heavy (non-hydrogen) atoms. The number of methoxy groups -OCH3 is 1. The maximum atomic E-state index is 12.3. The van der Waals surface area contributed by atoms with Gasteiger partial charge >= 0.3 is 0 Å². The van der Waals surface area contributed by atoms with Crippen molar-refractivity contribution in [2.45, 2.75) is 6.43 Å². The first kappa shape index (κ1) is 9.50. The lowest BCUT2D eigenvalue weighted by atomic mass is 10.2. The fraction of sp³-hybridized carbons (Fsp3) is 0.286. The molecule has 3 N–H and O–H groups in total. The molecule has 0 aliphatic heterocycles. The molecule has 0 unspecified atom stereocenters. The third-order valence-corrected chi connectivity index (χ3v) is 1.45. The first-order chi connectivity index (χ1) is 6.06. The van der Waals surface area contributed by atoms with E-state index in [1.807, 2.05) is 0 Å². The third-order valence-electron chi connectivity index (χ3n) is 1.45. The molecule has 0 saturated heterocycles. The van der Waals surface area contributed by atoms with E-state index >= 15 is 0 Å². The zero-order valence-electron chi connectivity index (χ0n) is 6.79. The lowest BCUT2D eigenvalue weighted by Crippen LogP contribution is -1.99. The quantitative estimate of drug-likeness (QED) is 0.737. The standard InChI is InChI=1S/C7H8F2N2O2/c1-13-7-3(5(8)9)2-4(12)6(10)11-7/h2,5,12H,1H3,(H2,10,11). The van der Waals surface area contributed by atoms with Crippen molar-refractivity contribution in [3.8, 4) is 11.6 Å². The summed E-state index contributed by atoms with van der Waals surface area (Å²) in [6, 6.07) is 0.839. The van der Waals surface area contributed by atoms with E-state index in [9.17, 15) is 8.78 Å². The maximum Gasteiger partial charge on any atom is 0.269 e. The number of aromatic nitrogens is 1. The molecule has 0 spiro atoms. The van der Waals surface area contributed by atoms with E-state index in [1.54, 1.807) is 0 Å². The van der Waals surface area contributed by atoms with Crippen molar-refractivity contribution in [1.29, 1.82) is 0 Å². The number of hydrogen-bond acceptors (Lipinski definition) is 4. The minimum Gasteiger partial charge on any atom is -0.504 e. The molecule has 1 heterocycles. The van der Waals surface area contributed by atoms with Crippen LogP contribution in [0, 0.1) is 0 Å². The van der Waals surface area contributed by atoms with Gasteiger partial charge in [0.2, 0.25) is 5.88 Å². The average molecular weight is 190 g/mol. The van der Waals surface area contributed by atoms with E-state index < -0.39 is 17.7 Å². The van der Waals surface area contributed by atoms with Gasteiger partial charge in [0.15, 0.2) is 11.6 Å². The molecule has 0 amide bonds. The lowest BCUT2D eigenvalue weighted by molar-refractivity contribution is 0.145. The molecule has 72 valence electrons. The van der Waals surface area contributed by atoms with Crippen LogP contribution in [0.15, 0.2) is 6.07 Å². The normalized spacial score (nSPS) is 10.5. The summed E-state index contributed by atoms with van der Waals surface area (Å²) in [7, 11) is 1.20. The Bertz CT molecular complexity index is 318. The van der Waals surface area contributed by atoms with Crippen molar-refractivity contribution in [2.75, 3.05) is 12.8 Å². The SMILES string of the molecule is COc1nc(N)c(O)cc1C(F)F. The number of rotatable bonds is 2. The van der Waals surface area contributed by atoms with Gasteiger partial charge in [-0.2, -0.15) is 4.98 Å². The summed E-state index contributed by atoms with van der Waals surface area (Å²) in [5.41, 5.74) is 4.70. The highest BCUT2D eigenvalue weighted by Crippen LogP contribution is 2.32. The number of ether oxygens (including phenoxy) is 1. The first-order valence-electron chi connectivity index (χ1n) is 3.37. The van der Waals surface area contributed by atoms with Gasteiger partial charge < -0.3 is 15.6 Å². The van der Waals surface area contributed by atoms with E-state index in [0.717, 1.165) is 6.07 Å². The highest BCUT2D eigenvalue weighted by Gasteiger charge is 2.17. The van der Waals surface area contributed by atoms with Crippen LogP contribution >= 0.6 is 0 Å². The van der Waals surface area contributed by atoms with Crippen LogP contribution < -0.4 is 10.5 Å². The highest BCUT2D eigenvalue weighted by atomic mass is 19.3. The molecule has 0 aliphatic rings. The topological polar surface area (TPSA) is 68.4 Å². The summed E-state index contributed by atoms with van der Waals surface area (Å²) in [4.78, 5) is 3.44. The molecule has 6 heteroatoms. The minimum absolute atomic E-state index is 0.235. The molecule has 0 saturated carbocycles.